The molecular weight excluding hydrogens is 294 g/mol. The highest BCUT2D eigenvalue weighted by Gasteiger charge is 2.25. The van der Waals surface area contributed by atoms with Crippen LogP contribution in [0.5, 0.6) is 0 Å². The van der Waals surface area contributed by atoms with Gasteiger partial charge in [-0.1, -0.05) is 20.8 Å². The molecule has 0 aliphatic carbocycles. The molecule has 0 aliphatic heterocycles. The summed E-state index contributed by atoms with van der Waals surface area (Å²) in [6.45, 7) is 6.15. The maximum absolute atomic E-state index is 12.2. The average Bonchev–Trinajstić information content (AvgIpc) is 2.49. The van der Waals surface area contributed by atoms with Gasteiger partial charge in [0.15, 0.2) is 0 Å². The first-order chi connectivity index (χ1) is 10.8. The Morgan fingerprint density at radius 3 is 2.61 bits per heavy atom. The number of rotatable bonds is 8. The third-order valence-electron chi connectivity index (χ3n) is 3.65. The Balaban J connectivity index is 2.90. The largest absolute Gasteiger partial charge is 0.390 e. The molecule has 126 valence electrons. The zero-order chi connectivity index (χ0) is 17.5. The van der Waals surface area contributed by atoms with Gasteiger partial charge in [0.25, 0.3) is 0 Å². The molecule has 0 fully saturated rings. The highest BCUT2D eigenvalue weighted by molar-refractivity contribution is 5.95. The zero-order valence-corrected chi connectivity index (χ0v) is 13.8. The van der Waals surface area contributed by atoms with E-state index in [0.29, 0.717) is 23.6 Å². The lowest BCUT2D eigenvalue weighted by Crippen LogP contribution is -2.29. The molecule has 23 heavy (non-hydrogen) atoms. The second-order valence-corrected chi connectivity index (χ2v) is 5.84. The van der Waals surface area contributed by atoms with Gasteiger partial charge in [0.1, 0.15) is 0 Å². The van der Waals surface area contributed by atoms with Crippen molar-refractivity contribution in [3.63, 3.8) is 0 Å². The van der Waals surface area contributed by atoms with Crippen LogP contribution in [0.3, 0.4) is 0 Å². The van der Waals surface area contributed by atoms with Crippen LogP contribution in [-0.2, 0) is 9.59 Å². The molecule has 0 aliphatic rings. The molecule has 0 aromatic heterocycles. The van der Waals surface area contributed by atoms with Gasteiger partial charge in [-0.05, 0) is 24.6 Å². The zero-order valence-electron chi connectivity index (χ0n) is 13.8. The number of hydrogen-bond donors (Lipinski definition) is 4. The Morgan fingerprint density at radius 2 is 2.04 bits per heavy atom. The summed E-state index contributed by atoms with van der Waals surface area (Å²) in [5, 5.41) is 5.95. The predicted octanol–water partition coefficient (Wildman–Crippen LogP) is 1.97. The summed E-state index contributed by atoms with van der Waals surface area (Å²) in [4.78, 5) is 27.1. The molecule has 6 N–H and O–H groups in total. The number of anilines is 2. The molecule has 2 amide bonds. The van der Waals surface area contributed by atoms with Gasteiger partial charge in [0.05, 0.1) is 17.7 Å². The molecule has 0 bridgehead atoms. The van der Waals surface area contributed by atoms with E-state index in [0.717, 1.165) is 6.42 Å². The number of benzene rings is 1. The summed E-state index contributed by atoms with van der Waals surface area (Å²) in [5.41, 5.74) is 11.9. The molecular formula is C16H25N5O2. The van der Waals surface area contributed by atoms with Crippen molar-refractivity contribution in [3.8, 4) is 0 Å². The van der Waals surface area contributed by atoms with Crippen molar-refractivity contribution in [3.05, 3.63) is 18.2 Å². The van der Waals surface area contributed by atoms with E-state index in [1.165, 1.54) is 6.34 Å². The second-order valence-electron chi connectivity index (χ2n) is 5.84. The minimum atomic E-state index is -0.449. The maximum Gasteiger partial charge on any atom is 0.230 e. The van der Waals surface area contributed by atoms with E-state index in [1.807, 2.05) is 20.8 Å². The summed E-state index contributed by atoms with van der Waals surface area (Å²) in [6.07, 6.45) is 2.13. The van der Waals surface area contributed by atoms with Crippen LogP contribution in [0.4, 0.5) is 17.1 Å². The fourth-order valence-corrected chi connectivity index (χ4v) is 1.73. The van der Waals surface area contributed by atoms with Gasteiger partial charge < -0.3 is 22.1 Å². The first-order valence-electron chi connectivity index (χ1n) is 7.52. The quantitative estimate of drug-likeness (QED) is 0.432. The first-order valence-corrected chi connectivity index (χ1v) is 7.52. The molecule has 7 heteroatoms. The van der Waals surface area contributed by atoms with Gasteiger partial charge >= 0.3 is 0 Å². The van der Waals surface area contributed by atoms with E-state index in [2.05, 4.69) is 15.6 Å². The number of nitrogens with one attached hydrogen (secondary N) is 2. The molecule has 0 heterocycles. The van der Waals surface area contributed by atoms with Crippen LogP contribution in [0.1, 0.15) is 33.6 Å². The fraction of sp³-hybridized carbons (Fsp3) is 0.438. The number of nitrogens with zero attached hydrogens (tertiary/aromatic N) is 1. The molecule has 0 spiro atoms. The van der Waals surface area contributed by atoms with Crippen molar-refractivity contribution in [2.24, 2.45) is 21.9 Å². The van der Waals surface area contributed by atoms with Crippen molar-refractivity contribution >= 4 is 35.2 Å². The van der Waals surface area contributed by atoms with E-state index in [-0.39, 0.29) is 18.2 Å². The highest BCUT2D eigenvalue weighted by atomic mass is 16.2. The normalized spacial score (nSPS) is 11.4. The summed E-state index contributed by atoms with van der Waals surface area (Å²) >= 11 is 0. The van der Waals surface area contributed by atoms with Crippen molar-refractivity contribution in [2.75, 3.05) is 17.2 Å². The van der Waals surface area contributed by atoms with Crippen molar-refractivity contribution < 1.29 is 9.59 Å². The lowest BCUT2D eigenvalue weighted by atomic mass is 9.89. The van der Waals surface area contributed by atoms with Gasteiger partial charge in [-0.15, -0.1) is 0 Å². The lowest BCUT2D eigenvalue weighted by Gasteiger charge is -2.21. The standard InChI is InChI=1S/C16H25N5O2/c1-4-16(2,3)15(23)21-11-5-6-12(13(9-11)20-10-17)19-8-7-14(18)22/h5-6,9-10,19H,4,7-8H2,1-3H3,(H2,17,20)(H2,18,22)(H,21,23). The van der Waals surface area contributed by atoms with Crippen LogP contribution in [0, 0.1) is 5.41 Å². The predicted molar refractivity (Wildman–Crippen MR) is 93.8 cm³/mol. The average molecular weight is 319 g/mol. The molecule has 0 atom stereocenters. The monoisotopic (exact) mass is 319 g/mol. The number of hydrogen-bond acceptors (Lipinski definition) is 4. The Kier molecular flexibility index (Phi) is 6.56. The van der Waals surface area contributed by atoms with Crippen molar-refractivity contribution in [1.82, 2.24) is 0 Å². The minimum Gasteiger partial charge on any atom is -0.390 e. The topological polar surface area (TPSA) is 123 Å². The van der Waals surface area contributed by atoms with E-state index < -0.39 is 5.41 Å². The summed E-state index contributed by atoms with van der Waals surface area (Å²) in [6, 6.07) is 5.27. The fourth-order valence-electron chi connectivity index (χ4n) is 1.73. The van der Waals surface area contributed by atoms with E-state index in [1.54, 1.807) is 18.2 Å². The van der Waals surface area contributed by atoms with Crippen molar-refractivity contribution in [2.45, 2.75) is 33.6 Å². The number of primary amides is 1. The molecule has 0 radical (unpaired) electrons. The number of carbonyl (C=O) groups excluding carboxylic acids is 2. The molecule has 1 rings (SSSR count). The third-order valence-corrected chi connectivity index (χ3v) is 3.65. The van der Waals surface area contributed by atoms with Gasteiger partial charge in [-0.25, -0.2) is 4.99 Å². The minimum absolute atomic E-state index is 0.0582. The maximum atomic E-state index is 12.2. The molecule has 1 aromatic rings. The van der Waals surface area contributed by atoms with Gasteiger partial charge in [0, 0.05) is 24.1 Å². The van der Waals surface area contributed by atoms with Crippen LogP contribution in [0.25, 0.3) is 0 Å². The van der Waals surface area contributed by atoms with E-state index in [4.69, 9.17) is 11.5 Å². The number of amides is 2. The van der Waals surface area contributed by atoms with Crippen LogP contribution < -0.4 is 22.1 Å². The number of carbonyl (C=O) groups is 2. The summed E-state index contributed by atoms with van der Waals surface area (Å²) < 4.78 is 0. The van der Waals surface area contributed by atoms with Crippen LogP contribution in [0.15, 0.2) is 23.2 Å². The van der Waals surface area contributed by atoms with Crippen LogP contribution in [-0.4, -0.2) is 24.7 Å². The Hall–Kier alpha value is -2.57. The number of nitrogens with two attached hydrogens (primary N) is 2. The number of aliphatic imine (C=N–C) groups is 1. The highest BCUT2D eigenvalue weighted by Crippen LogP contribution is 2.30. The molecule has 0 saturated carbocycles. The van der Waals surface area contributed by atoms with Crippen molar-refractivity contribution in [1.29, 1.82) is 0 Å². The molecule has 0 unspecified atom stereocenters. The van der Waals surface area contributed by atoms with Crippen LogP contribution in [0.2, 0.25) is 0 Å². The Labute approximate surface area is 136 Å². The van der Waals surface area contributed by atoms with Crippen LogP contribution >= 0.6 is 0 Å². The van der Waals surface area contributed by atoms with Gasteiger partial charge in [0.2, 0.25) is 11.8 Å². The molecule has 7 nitrogen and oxygen atoms in total. The van der Waals surface area contributed by atoms with E-state index in [9.17, 15) is 9.59 Å². The van der Waals surface area contributed by atoms with E-state index >= 15 is 0 Å². The molecule has 0 saturated heterocycles. The van der Waals surface area contributed by atoms with Gasteiger partial charge in [-0.3, -0.25) is 9.59 Å². The lowest BCUT2D eigenvalue weighted by molar-refractivity contribution is -0.124. The smallest absolute Gasteiger partial charge is 0.230 e. The summed E-state index contributed by atoms with van der Waals surface area (Å²) in [7, 11) is 0. The second kappa shape index (κ2) is 8.17. The van der Waals surface area contributed by atoms with Gasteiger partial charge in [-0.2, -0.15) is 0 Å². The Bertz CT molecular complexity index is 596. The first kappa shape index (κ1) is 18.5. The third kappa shape index (κ3) is 5.61. The summed E-state index contributed by atoms with van der Waals surface area (Å²) in [5.74, 6) is -0.441. The molecule has 1 aromatic carbocycles. The Morgan fingerprint density at radius 1 is 1.35 bits per heavy atom. The SMILES string of the molecule is CCC(C)(C)C(=O)Nc1ccc(NCCC(N)=O)c(N=CN)c1.